The summed E-state index contributed by atoms with van der Waals surface area (Å²) >= 11 is 0. The Morgan fingerprint density at radius 1 is 1.29 bits per heavy atom. The molecule has 1 heterocycles. The number of nitrogens with one attached hydrogen (secondary N) is 1. The van der Waals surface area contributed by atoms with Crippen molar-refractivity contribution in [3.05, 3.63) is 24.3 Å². The predicted molar refractivity (Wildman–Crippen MR) is 76.5 cm³/mol. The predicted octanol–water partition coefficient (Wildman–Crippen LogP) is 1.28. The topological polar surface area (TPSA) is 99.0 Å². The molecule has 0 amide bonds. The van der Waals surface area contributed by atoms with Crippen LogP contribution in [0.15, 0.2) is 29.2 Å². The summed E-state index contributed by atoms with van der Waals surface area (Å²) in [5.41, 5.74) is 0. The molecular formula is C12H17N5O3S. The van der Waals surface area contributed by atoms with E-state index in [9.17, 15) is 8.42 Å². The van der Waals surface area contributed by atoms with Crippen LogP contribution in [0, 0.1) is 0 Å². The van der Waals surface area contributed by atoms with E-state index >= 15 is 0 Å². The van der Waals surface area contributed by atoms with Crippen LogP contribution in [0.25, 0.3) is 0 Å². The first-order valence-electron chi connectivity index (χ1n) is 6.48. The number of tetrazole rings is 1. The van der Waals surface area contributed by atoms with E-state index in [2.05, 4.69) is 20.1 Å². The highest BCUT2D eigenvalue weighted by Gasteiger charge is 2.17. The number of rotatable bonds is 6. The first-order valence-corrected chi connectivity index (χ1v) is 7.96. The van der Waals surface area contributed by atoms with Crippen LogP contribution in [-0.2, 0) is 16.6 Å². The highest BCUT2D eigenvalue weighted by Crippen LogP contribution is 2.18. The number of sulfonamides is 1. The number of aromatic nitrogens is 4. The number of ether oxygens (including phenoxy) is 1. The van der Waals surface area contributed by atoms with Crippen molar-refractivity contribution in [3.63, 3.8) is 0 Å². The Morgan fingerprint density at radius 2 is 1.95 bits per heavy atom. The molecule has 0 aliphatic rings. The number of nitrogens with zero attached hydrogens (tertiary/aromatic N) is 4. The summed E-state index contributed by atoms with van der Waals surface area (Å²) in [6, 6.07) is 6.13. The average molecular weight is 311 g/mol. The van der Waals surface area contributed by atoms with Gasteiger partial charge in [0.1, 0.15) is 5.75 Å². The fourth-order valence-electron chi connectivity index (χ4n) is 1.57. The minimum absolute atomic E-state index is 0.0267. The molecule has 1 aromatic heterocycles. The third kappa shape index (κ3) is 3.91. The van der Waals surface area contributed by atoms with E-state index < -0.39 is 10.0 Å². The zero-order chi connectivity index (χ0) is 15.5. The van der Waals surface area contributed by atoms with E-state index in [1.807, 2.05) is 20.8 Å². The van der Waals surface area contributed by atoms with E-state index in [0.29, 0.717) is 12.3 Å². The maximum absolute atomic E-state index is 12.2. The zero-order valence-electron chi connectivity index (χ0n) is 12.0. The molecule has 0 unspecified atom stereocenters. The van der Waals surface area contributed by atoms with Crippen LogP contribution in [0.4, 0.5) is 5.95 Å². The summed E-state index contributed by atoms with van der Waals surface area (Å²) in [6.07, 6.45) is 0.0267. The zero-order valence-corrected chi connectivity index (χ0v) is 12.8. The molecule has 0 saturated heterocycles. The van der Waals surface area contributed by atoms with Crippen molar-refractivity contribution in [2.45, 2.75) is 38.3 Å². The van der Waals surface area contributed by atoms with Crippen molar-refractivity contribution in [2.75, 3.05) is 4.72 Å². The molecule has 2 aromatic rings. The monoisotopic (exact) mass is 311 g/mol. The van der Waals surface area contributed by atoms with Crippen LogP contribution in [0.1, 0.15) is 20.8 Å². The molecule has 21 heavy (non-hydrogen) atoms. The highest BCUT2D eigenvalue weighted by atomic mass is 32.2. The Kier molecular flexibility index (Phi) is 4.41. The summed E-state index contributed by atoms with van der Waals surface area (Å²) in [6.45, 7) is 6.13. The quantitative estimate of drug-likeness (QED) is 0.862. The average Bonchev–Trinajstić information content (AvgIpc) is 2.85. The fourth-order valence-corrected chi connectivity index (χ4v) is 2.50. The highest BCUT2D eigenvalue weighted by molar-refractivity contribution is 7.92. The fraction of sp³-hybridized carbons (Fsp3) is 0.417. The molecule has 0 saturated carbocycles. The van der Waals surface area contributed by atoms with E-state index in [-0.39, 0.29) is 16.9 Å². The summed E-state index contributed by atoms with van der Waals surface area (Å²) < 4.78 is 32.1. The van der Waals surface area contributed by atoms with Crippen molar-refractivity contribution in [3.8, 4) is 5.75 Å². The molecule has 0 fully saturated rings. The van der Waals surface area contributed by atoms with Gasteiger partial charge in [-0.15, -0.1) is 5.10 Å². The van der Waals surface area contributed by atoms with E-state index in [1.54, 1.807) is 12.1 Å². The van der Waals surface area contributed by atoms with Crippen molar-refractivity contribution < 1.29 is 13.2 Å². The van der Waals surface area contributed by atoms with E-state index in [4.69, 9.17) is 4.74 Å². The number of anilines is 1. The SMILES string of the molecule is CCn1nnc(NS(=O)(=O)c2ccc(OC(C)C)cc2)n1. The minimum atomic E-state index is -3.74. The van der Waals surface area contributed by atoms with Gasteiger partial charge in [-0.05, 0) is 50.3 Å². The lowest BCUT2D eigenvalue weighted by atomic mass is 10.3. The Labute approximate surface area is 123 Å². The summed E-state index contributed by atoms with van der Waals surface area (Å²) in [7, 11) is -3.74. The Morgan fingerprint density at radius 3 is 2.48 bits per heavy atom. The number of aryl methyl sites for hydroxylation is 1. The van der Waals surface area contributed by atoms with Gasteiger partial charge in [0.25, 0.3) is 16.0 Å². The van der Waals surface area contributed by atoms with Crippen LogP contribution in [0.3, 0.4) is 0 Å². The van der Waals surface area contributed by atoms with E-state index in [1.165, 1.54) is 16.9 Å². The van der Waals surface area contributed by atoms with Gasteiger partial charge >= 0.3 is 0 Å². The molecular weight excluding hydrogens is 294 g/mol. The van der Waals surface area contributed by atoms with Crippen LogP contribution in [0.5, 0.6) is 5.75 Å². The van der Waals surface area contributed by atoms with Gasteiger partial charge in [0, 0.05) is 0 Å². The van der Waals surface area contributed by atoms with Crippen molar-refractivity contribution in [2.24, 2.45) is 0 Å². The summed E-state index contributed by atoms with van der Waals surface area (Å²) in [4.78, 5) is 1.39. The molecule has 0 spiro atoms. The van der Waals surface area contributed by atoms with Gasteiger partial charge in [-0.3, -0.25) is 0 Å². The van der Waals surface area contributed by atoms with Crippen LogP contribution >= 0.6 is 0 Å². The molecule has 1 N–H and O–H groups in total. The van der Waals surface area contributed by atoms with E-state index in [0.717, 1.165) is 0 Å². The molecule has 0 aliphatic heterocycles. The largest absolute Gasteiger partial charge is 0.491 e. The number of hydrogen-bond acceptors (Lipinski definition) is 6. The van der Waals surface area contributed by atoms with Crippen LogP contribution < -0.4 is 9.46 Å². The molecule has 8 nitrogen and oxygen atoms in total. The van der Waals surface area contributed by atoms with Gasteiger partial charge in [0.05, 0.1) is 17.5 Å². The maximum atomic E-state index is 12.2. The second-order valence-electron chi connectivity index (χ2n) is 4.55. The smallest absolute Gasteiger partial charge is 0.277 e. The van der Waals surface area contributed by atoms with Crippen LogP contribution in [0.2, 0.25) is 0 Å². The van der Waals surface area contributed by atoms with Gasteiger partial charge in [-0.1, -0.05) is 5.10 Å². The lowest BCUT2D eigenvalue weighted by molar-refractivity contribution is 0.242. The van der Waals surface area contributed by atoms with Gasteiger partial charge < -0.3 is 4.74 Å². The minimum Gasteiger partial charge on any atom is -0.491 e. The normalized spacial score (nSPS) is 11.6. The van der Waals surface area contributed by atoms with Crippen molar-refractivity contribution in [1.82, 2.24) is 20.2 Å². The Hall–Kier alpha value is -2.16. The molecule has 0 aliphatic carbocycles. The van der Waals surface area contributed by atoms with Crippen molar-refractivity contribution >= 4 is 16.0 Å². The summed E-state index contributed by atoms with van der Waals surface area (Å²) in [5.74, 6) is 0.554. The maximum Gasteiger partial charge on any atom is 0.277 e. The number of benzene rings is 1. The molecule has 2 rings (SSSR count). The third-order valence-electron chi connectivity index (χ3n) is 2.47. The lowest BCUT2D eigenvalue weighted by Crippen LogP contribution is -2.14. The third-order valence-corrected chi connectivity index (χ3v) is 3.81. The lowest BCUT2D eigenvalue weighted by Gasteiger charge is -2.10. The van der Waals surface area contributed by atoms with Crippen molar-refractivity contribution in [1.29, 1.82) is 0 Å². The molecule has 0 bridgehead atoms. The van der Waals surface area contributed by atoms with Gasteiger partial charge in [-0.25, -0.2) is 13.1 Å². The molecule has 9 heteroatoms. The first kappa shape index (κ1) is 15.2. The molecule has 1 aromatic carbocycles. The Bertz CT molecular complexity index is 694. The molecule has 0 radical (unpaired) electrons. The molecule has 0 atom stereocenters. The van der Waals surface area contributed by atoms with Crippen LogP contribution in [-0.4, -0.2) is 34.7 Å². The Balaban J connectivity index is 2.15. The number of hydrogen-bond donors (Lipinski definition) is 1. The van der Waals surface area contributed by atoms with Gasteiger partial charge in [0.15, 0.2) is 0 Å². The second kappa shape index (κ2) is 6.08. The standard InChI is InChI=1S/C12H17N5O3S/c1-4-17-14-12(13-16-17)15-21(18,19)11-7-5-10(6-8-11)20-9(2)3/h5-9H,4H2,1-3H3,(H,14,15). The second-order valence-corrected chi connectivity index (χ2v) is 6.23. The van der Waals surface area contributed by atoms with Gasteiger partial charge in [0.2, 0.25) is 0 Å². The van der Waals surface area contributed by atoms with Gasteiger partial charge in [-0.2, -0.15) is 4.80 Å². The first-order chi connectivity index (χ1) is 9.90. The summed E-state index contributed by atoms with van der Waals surface area (Å²) in [5, 5.41) is 11.2. The molecule has 114 valence electrons.